The molecule has 0 radical (unpaired) electrons. The number of allylic oxidation sites excluding steroid dienone is 2. The normalized spacial score (nSPS) is 23.7. The molecule has 1 aliphatic rings. The molecule has 1 aromatic heterocycles. The number of rotatable bonds is 7. The molecule has 0 fully saturated rings. The number of ether oxygens (including phenoxy) is 2. The van der Waals surface area contributed by atoms with Crippen molar-refractivity contribution in [2.24, 2.45) is 17.3 Å². The SMILES string of the molecule is C=C(C)[C@@H]1CC=C(C)[C@H](COc2ccc3ccc(=O)oc3c2)[C@@]1(C)CCC(=O)OC. The summed E-state index contributed by atoms with van der Waals surface area (Å²) in [6, 6.07) is 8.65. The first-order valence-electron chi connectivity index (χ1n) is 10.3. The van der Waals surface area contributed by atoms with Crippen molar-refractivity contribution in [1.29, 1.82) is 0 Å². The number of carbonyl (C=O) groups excluding carboxylic acids is 1. The van der Waals surface area contributed by atoms with Crippen LogP contribution in [0, 0.1) is 17.3 Å². The van der Waals surface area contributed by atoms with Gasteiger partial charge in [-0.2, -0.15) is 0 Å². The van der Waals surface area contributed by atoms with E-state index >= 15 is 0 Å². The van der Waals surface area contributed by atoms with Gasteiger partial charge in [-0.1, -0.05) is 30.7 Å². The van der Waals surface area contributed by atoms with Gasteiger partial charge in [0.15, 0.2) is 0 Å². The molecule has 0 unspecified atom stereocenters. The number of methoxy groups -OCH3 is 1. The summed E-state index contributed by atoms with van der Waals surface area (Å²) in [6.45, 7) is 11.1. The Morgan fingerprint density at radius 1 is 1.30 bits per heavy atom. The van der Waals surface area contributed by atoms with Crippen molar-refractivity contribution in [3.05, 3.63) is 64.6 Å². The van der Waals surface area contributed by atoms with Crippen LogP contribution in [0.3, 0.4) is 0 Å². The Hall–Kier alpha value is -2.82. The summed E-state index contributed by atoms with van der Waals surface area (Å²) < 4.78 is 16.3. The molecule has 0 aliphatic heterocycles. The van der Waals surface area contributed by atoms with Crippen LogP contribution in [-0.4, -0.2) is 19.7 Å². The van der Waals surface area contributed by atoms with Gasteiger partial charge >= 0.3 is 11.6 Å². The quantitative estimate of drug-likeness (QED) is 0.352. The average Bonchev–Trinajstić information content (AvgIpc) is 2.71. The fourth-order valence-corrected chi connectivity index (χ4v) is 4.70. The Balaban J connectivity index is 1.85. The lowest BCUT2D eigenvalue weighted by atomic mass is 9.58. The molecular formula is C25H30O5. The maximum atomic E-state index is 11.9. The van der Waals surface area contributed by atoms with Crippen molar-refractivity contribution in [3.8, 4) is 5.75 Å². The van der Waals surface area contributed by atoms with E-state index in [-0.39, 0.29) is 28.8 Å². The lowest BCUT2D eigenvalue weighted by Gasteiger charge is -2.47. The minimum atomic E-state index is -0.384. The van der Waals surface area contributed by atoms with Gasteiger partial charge in [-0.15, -0.1) is 0 Å². The summed E-state index contributed by atoms with van der Waals surface area (Å²) in [5.41, 5.74) is 2.31. The Labute approximate surface area is 177 Å². The monoisotopic (exact) mass is 410 g/mol. The first-order valence-corrected chi connectivity index (χ1v) is 10.3. The minimum absolute atomic E-state index is 0.121. The third kappa shape index (κ3) is 4.50. The van der Waals surface area contributed by atoms with Crippen molar-refractivity contribution in [2.75, 3.05) is 13.7 Å². The predicted molar refractivity (Wildman–Crippen MR) is 118 cm³/mol. The number of carbonyl (C=O) groups is 1. The first kappa shape index (κ1) is 21.9. The molecule has 0 N–H and O–H groups in total. The van der Waals surface area contributed by atoms with Gasteiger partial charge in [-0.3, -0.25) is 4.79 Å². The standard InChI is InChI=1S/C25H30O5/c1-16(2)20-10-6-17(3)21(25(20,4)13-12-23(26)28-5)15-29-19-9-7-18-8-11-24(27)30-22(18)14-19/h6-9,11,14,20-21H,1,10,12-13,15H2,2-5H3/t20-,21-,25-/m0/s1. The smallest absolute Gasteiger partial charge is 0.336 e. The van der Waals surface area contributed by atoms with E-state index in [0.29, 0.717) is 30.8 Å². The maximum Gasteiger partial charge on any atom is 0.336 e. The predicted octanol–water partition coefficient (Wildman–Crippen LogP) is 5.29. The highest BCUT2D eigenvalue weighted by Crippen LogP contribution is 2.51. The van der Waals surface area contributed by atoms with Gasteiger partial charge in [0.2, 0.25) is 0 Å². The first-order chi connectivity index (χ1) is 14.2. The van der Waals surface area contributed by atoms with Crippen molar-refractivity contribution in [2.45, 2.75) is 40.0 Å². The minimum Gasteiger partial charge on any atom is -0.493 e. The Morgan fingerprint density at radius 2 is 2.03 bits per heavy atom. The van der Waals surface area contributed by atoms with Crippen molar-refractivity contribution in [3.63, 3.8) is 0 Å². The molecule has 0 amide bonds. The topological polar surface area (TPSA) is 65.7 Å². The molecular weight excluding hydrogens is 380 g/mol. The molecule has 1 aliphatic carbocycles. The van der Waals surface area contributed by atoms with E-state index in [1.165, 1.54) is 18.7 Å². The molecule has 2 aromatic rings. The van der Waals surface area contributed by atoms with Crippen LogP contribution in [0.25, 0.3) is 11.0 Å². The summed E-state index contributed by atoms with van der Waals surface area (Å²) in [6.07, 6.45) is 4.23. The third-order valence-corrected chi connectivity index (χ3v) is 6.52. The second kappa shape index (κ2) is 8.90. The largest absolute Gasteiger partial charge is 0.493 e. The zero-order valence-electron chi connectivity index (χ0n) is 18.2. The molecule has 0 spiro atoms. The van der Waals surface area contributed by atoms with Gasteiger partial charge < -0.3 is 13.9 Å². The molecule has 160 valence electrons. The molecule has 3 atom stereocenters. The summed E-state index contributed by atoms with van der Waals surface area (Å²) in [4.78, 5) is 23.4. The van der Waals surface area contributed by atoms with Gasteiger partial charge in [0.05, 0.1) is 13.7 Å². The number of hydrogen-bond donors (Lipinski definition) is 0. The van der Waals surface area contributed by atoms with Crippen LogP contribution in [0.2, 0.25) is 0 Å². The van der Waals surface area contributed by atoms with E-state index in [1.807, 2.05) is 12.1 Å². The Morgan fingerprint density at radius 3 is 2.73 bits per heavy atom. The molecule has 0 bridgehead atoms. The zero-order valence-corrected chi connectivity index (χ0v) is 18.2. The molecule has 1 heterocycles. The van der Waals surface area contributed by atoms with Crippen molar-refractivity contribution < 1.29 is 18.7 Å². The van der Waals surface area contributed by atoms with Crippen LogP contribution < -0.4 is 10.4 Å². The lowest BCUT2D eigenvalue weighted by Crippen LogP contribution is -2.42. The van der Waals surface area contributed by atoms with Crippen LogP contribution >= 0.6 is 0 Å². The van der Waals surface area contributed by atoms with Crippen LogP contribution in [0.15, 0.2) is 63.3 Å². The van der Waals surface area contributed by atoms with E-state index in [1.54, 1.807) is 12.1 Å². The van der Waals surface area contributed by atoms with Crippen LogP contribution in [0.4, 0.5) is 0 Å². The summed E-state index contributed by atoms with van der Waals surface area (Å²) in [7, 11) is 1.42. The molecule has 5 nitrogen and oxygen atoms in total. The van der Waals surface area contributed by atoms with Gasteiger partial charge in [0.25, 0.3) is 0 Å². The fourth-order valence-electron chi connectivity index (χ4n) is 4.70. The van der Waals surface area contributed by atoms with Gasteiger partial charge in [0.1, 0.15) is 11.3 Å². The molecule has 1 aromatic carbocycles. The van der Waals surface area contributed by atoms with Gasteiger partial charge in [-0.05, 0) is 56.2 Å². The highest BCUT2D eigenvalue weighted by molar-refractivity contribution is 5.77. The van der Waals surface area contributed by atoms with Crippen LogP contribution in [0.5, 0.6) is 5.75 Å². The third-order valence-electron chi connectivity index (χ3n) is 6.52. The summed E-state index contributed by atoms with van der Waals surface area (Å²) in [5, 5.41) is 0.848. The molecule has 0 saturated carbocycles. The van der Waals surface area contributed by atoms with Crippen LogP contribution in [-0.2, 0) is 9.53 Å². The van der Waals surface area contributed by atoms with Gasteiger partial charge in [-0.25, -0.2) is 4.79 Å². The van der Waals surface area contributed by atoms with E-state index < -0.39 is 0 Å². The number of hydrogen-bond acceptors (Lipinski definition) is 5. The molecule has 0 saturated heterocycles. The second-order valence-corrected chi connectivity index (χ2v) is 8.48. The highest BCUT2D eigenvalue weighted by Gasteiger charge is 2.44. The lowest BCUT2D eigenvalue weighted by molar-refractivity contribution is -0.141. The van der Waals surface area contributed by atoms with Crippen LogP contribution in [0.1, 0.15) is 40.0 Å². The molecule has 3 rings (SSSR count). The number of benzene rings is 1. The zero-order chi connectivity index (χ0) is 21.9. The maximum absolute atomic E-state index is 11.9. The molecule has 30 heavy (non-hydrogen) atoms. The van der Waals surface area contributed by atoms with Gasteiger partial charge in [0, 0.05) is 29.9 Å². The Kier molecular flexibility index (Phi) is 6.49. The van der Waals surface area contributed by atoms with E-state index in [9.17, 15) is 9.59 Å². The Bertz CT molecular complexity index is 1030. The second-order valence-electron chi connectivity index (χ2n) is 8.48. The summed E-state index contributed by atoms with van der Waals surface area (Å²) in [5.74, 6) is 0.829. The number of fused-ring (bicyclic) bond motifs is 1. The van der Waals surface area contributed by atoms with E-state index in [0.717, 1.165) is 17.4 Å². The van der Waals surface area contributed by atoms with Crippen molar-refractivity contribution >= 4 is 16.9 Å². The summed E-state index contributed by atoms with van der Waals surface area (Å²) >= 11 is 0. The molecule has 5 heteroatoms. The van der Waals surface area contributed by atoms with E-state index in [4.69, 9.17) is 13.9 Å². The average molecular weight is 411 g/mol. The van der Waals surface area contributed by atoms with Crippen molar-refractivity contribution in [1.82, 2.24) is 0 Å². The number of esters is 1. The fraction of sp³-hybridized carbons (Fsp3) is 0.440. The van der Waals surface area contributed by atoms with E-state index in [2.05, 4.69) is 33.4 Å². The highest BCUT2D eigenvalue weighted by atomic mass is 16.5.